The summed E-state index contributed by atoms with van der Waals surface area (Å²) in [4.78, 5) is 10.7. The molecule has 0 aliphatic heterocycles. The quantitative estimate of drug-likeness (QED) is 0.867. The predicted molar refractivity (Wildman–Crippen MR) is 72.8 cm³/mol. The van der Waals surface area contributed by atoms with Crippen LogP contribution in [0.5, 0.6) is 0 Å². The van der Waals surface area contributed by atoms with Gasteiger partial charge >= 0.3 is 0 Å². The zero-order valence-electron chi connectivity index (χ0n) is 9.77. The first-order valence-corrected chi connectivity index (χ1v) is 7.13. The van der Waals surface area contributed by atoms with E-state index in [4.69, 9.17) is 0 Å². The molecule has 2 atom stereocenters. The molecule has 100 valence electrons. The Morgan fingerprint density at radius 3 is 2.67 bits per heavy atom. The third kappa shape index (κ3) is 5.06. The maximum Gasteiger partial charge on any atom is 0.185 e. The molecular formula is C12H14BrFO3S. The van der Waals surface area contributed by atoms with Gasteiger partial charge in [0, 0.05) is 17.1 Å². The second-order valence-corrected chi connectivity index (χ2v) is 6.03. The van der Waals surface area contributed by atoms with Crippen molar-refractivity contribution in [3.63, 3.8) is 0 Å². The average molecular weight is 337 g/mol. The van der Waals surface area contributed by atoms with E-state index in [0.717, 1.165) is 11.8 Å². The minimum Gasteiger partial charge on any atom is -0.390 e. The molecule has 18 heavy (non-hydrogen) atoms. The third-order valence-corrected chi connectivity index (χ3v) is 3.61. The third-order valence-electron chi connectivity index (χ3n) is 2.31. The maximum atomic E-state index is 13.1. The van der Waals surface area contributed by atoms with Gasteiger partial charge in [0.2, 0.25) is 0 Å². The van der Waals surface area contributed by atoms with Gasteiger partial charge in [-0.1, -0.05) is 27.7 Å². The highest BCUT2D eigenvalue weighted by Crippen LogP contribution is 2.24. The zero-order valence-corrected chi connectivity index (χ0v) is 12.2. The van der Waals surface area contributed by atoms with E-state index in [9.17, 15) is 19.4 Å². The van der Waals surface area contributed by atoms with Gasteiger partial charge < -0.3 is 10.2 Å². The molecule has 0 aromatic heterocycles. The minimum atomic E-state index is -1.16. The van der Waals surface area contributed by atoms with Crippen molar-refractivity contribution in [1.82, 2.24) is 0 Å². The van der Waals surface area contributed by atoms with E-state index in [1.54, 1.807) is 6.07 Å². The minimum absolute atomic E-state index is 0.0369. The first-order valence-electron chi connectivity index (χ1n) is 5.35. The van der Waals surface area contributed by atoms with E-state index in [1.807, 2.05) is 0 Å². The van der Waals surface area contributed by atoms with Gasteiger partial charge in [0.25, 0.3) is 0 Å². The lowest BCUT2D eigenvalue weighted by Gasteiger charge is -2.18. The van der Waals surface area contributed by atoms with E-state index in [2.05, 4.69) is 15.9 Å². The van der Waals surface area contributed by atoms with Crippen LogP contribution in [-0.4, -0.2) is 27.2 Å². The van der Waals surface area contributed by atoms with Crippen LogP contribution in [-0.2, 0) is 4.79 Å². The Balaban J connectivity index is 2.62. The van der Waals surface area contributed by atoms with Crippen LogP contribution in [0.2, 0.25) is 0 Å². The molecule has 1 aromatic carbocycles. The monoisotopic (exact) mass is 336 g/mol. The zero-order chi connectivity index (χ0) is 13.7. The number of hydrogen-bond donors (Lipinski definition) is 2. The van der Waals surface area contributed by atoms with E-state index in [-0.39, 0.29) is 11.5 Å². The lowest BCUT2D eigenvalue weighted by atomic mass is 10.0. The van der Waals surface area contributed by atoms with Gasteiger partial charge in [-0.2, -0.15) is 0 Å². The second kappa shape index (κ2) is 7.23. The summed E-state index contributed by atoms with van der Waals surface area (Å²) in [5, 5.41) is 19.6. The molecule has 0 bridgehead atoms. The lowest BCUT2D eigenvalue weighted by molar-refractivity contribution is -0.109. The van der Waals surface area contributed by atoms with Gasteiger partial charge in [-0.25, -0.2) is 4.39 Å². The number of carbonyl (C=O) groups is 1. The molecular weight excluding hydrogens is 323 g/mol. The molecule has 6 heteroatoms. The van der Waals surface area contributed by atoms with Crippen LogP contribution in [0.25, 0.3) is 0 Å². The molecule has 0 aliphatic rings. The summed E-state index contributed by atoms with van der Waals surface area (Å²) in [5.74, 6) is -0.0620. The van der Waals surface area contributed by atoms with Crippen molar-refractivity contribution in [3.05, 3.63) is 34.1 Å². The highest BCUT2D eigenvalue weighted by atomic mass is 79.9. The molecule has 1 rings (SSSR count). The van der Waals surface area contributed by atoms with E-state index < -0.39 is 18.0 Å². The van der Waals surface area contributed by atoms with Gasteiger partial charge in [-0.3, -0.25) is 4.79 Å². The van der Waals surface area contributed by atoms with Crippen LogP contribution in [0, 0.1) is 5.82 Å². The topological polar surface area (TPSA) is 57.5 Å². The van der Waals surface area contributed by atoms with Crippen LogP contribution in [0.3, 0.4) is 0 Å². The van der Waals surface area contributed by atoms with Crippen molar-refractivity contribution in [2.75, 3.05) is 5.75 Å². The predicted octanol–water partition coefficient (Wildman–Crippen LogP) is 2.65. The van der Waals surface area contributed by atoms with Crippen molar-refractivity contribution >= 4 is 32.8 Å². The SMILES string of the molecule is CC(=O)SCCC(O)C(O)c1cc(F)cc(Br)c1. The van der Waals surface area contributed by atoms with Crippen molar-refractivity contribution in [2.24, 2.45) is 0 Å². The normalized spacial score (nSPS) is 14.3. The Hall–Kier alpha value is -0.430. The Morgan fingerprint density at radius 2 is 2.11 bits per heavy atom. The lowest BCUT2D eigenvalue weighted by Crippen LogP contribution is -2.19. The standard InChI is InChI=1S/C12H14BrFO3S/c1-7(15)18-3-2-11(16)12(17)8-4-9(13)6-10(14)5-8/h4-6,11-12,16-17H,2-3H2,1H3. The molecule has 0 fully saturated rings. The Labute approximate surface area is 118 Å². The summed E-state index contributed by atoms with van der Waals surface area (Å²) in [6, 6.07) is 4.00. The maximum absolute atomic E-state index is 13.1. The summed E-state index contributed by atoms with van der Waals surface area (Å²) in [5.41, 5.74) is 0.308. The van der Waals surface area contributed by atoms with Gasteiger partial charge in [-0.05, 0) is 30.2 Å². The fourth-order valence-electron chi connectivity index (χ4n) is 1.45. The van der Waals surface area contributed by atoms with Gasteiger partial charge in [0.1, 0.15) is 11.9 Å². The molecule has 0 radical (unpaired) electrons. The second-order valence-electron chi connectivity index (χ2n) is 3.84. The summed E-state index contributed by atoms with van der Waals surface area (Å²) >= 11 is 4.21. The van der Waals surface area contributed by atoms with Crippen molar-refractivity contribution in [1.29, 1.82) is 0 Å². The fraction of sp³-hybridized carbons (Fsp3) is 0.417. The van der Waals surface area contributed by atoms with E-state index in [1.165, 1.54) is 19.1 Å². The number of aliphatic hydroxyl groups excluding tert-OH is 2. The number of thioether (sulfide) groups is 1. The molecule has 0 spiro atoms. The molecule has 2 N–H and O–H groups in total. The molecule has 0 saturated carbocycles. The van der Waals surface area contributed by atoms with Crippen molar-refractivity contribution < 1.29 is 19.4 Å². The van der Waals surface area contributed by atoms with Crippen LogP contribution in [0.15, 0.2) is 22.7 Å². The average Bonchev–Trinajstić information content (AvgIpc) is 2.26. The Bertz CT molecular complexity index is 408. The van der Waals surface area contributed by atoms with Crippen LogP contribution >= 0.6 is 27.7 Å². The summed E-state index contributed by atoms with van der Waals surface area (Å²) < 4.78 is 13.6. The summed E-state index contributed by atoms with van der Waals surface area (Å²) in [7, 11) is 0. The first-order chi connectivity index (χ1) is 8.40. The highest BCUT2D eigenvalue weighted by molar-refractivity contribution is 9.10. The molecule has 2 unspecified atom stereocenters. The van der Waals surface area contributed by atoms with Crippen LogP contribution in [0.4, 0.5) is 4.39 Å². The molecule has 0 heterocycles. The Kier molecular flexibility index (Phi) is 6.28. The molecule has 0 saturated heterocycles. The Morgan fingerprint density at radius 1 is 1.44 bits per heavy atom. The molecule has 3 nitrogen and oxygen atoms in total. The van der Waals surface area contributed by atoms with Gasteiger partial charge in [-0.15, -0.1) is 0 Å². The van der Waals surface area contributed by atoms with Crippen LogP contribution in [0.1, 0.15) is 25.0 Å². The van der Waals surface area contributed by atoms with E-state index >= 15 is 0 Å². The van der Waals surface area contributed by atoms with E-state index in [0.29, 0.717) is 15.8 Å². The van der Waals surface area contributed by atoms with Gasteiger partial charge in [0.15, 0.2) is 5.12 Å². The summed E-state index contributed by atoms with van der Waals surface area (Å²) in [6.07, 6.45) is -1.92. The number of carbonyl (C=O) groups excluding carboxylic acids is 1. The fourth-order valence-corrected chi connectivity index (χ4v) is 2.58. The van der Waals surface area contributed by atoms with Crippen molar-refractivity contribution in [2.45, 2.75) is 25.6 Å². The number of rotatable bonds is 5. The smallest absolute Gasteiger partial charge is 0.185 e. The number of benzene rings is 1. The van der Waals surface area contributed by atoms with Gasteiger partial charge in [0.05, 0.1) is 6.10 Å². The number of halogens is 2. The first kappa shape index (κ1) is 15.6. The van der Waals surface area contributed by atoms with Crippen molar-refractivity contribution in [3.8, 4) is 0 Å². The molecule has 0 aliphatic carbocycles. The van der Waals surface area contributed by atoms with Crippen LogP contribution < -0.4 is 0 Å². The number of aliphatic hydroxyl groups is 2. The molecule has 1 aromatic rings. The summed E-state index contributed by atoms with van der Waals surface area (Å²) in [6.45, 7) is 1.44. The highest BCUT2D eigenvalue weighted by Gasteiger charge is 2.19. The largest absolute Gasteiger partial charge is 0.390 e. The number of hydrogen-bond acceptors (Lipinski definition) is 4. The molecule has 0 amide bonds.